The summed E-state index contributed by atoms with van der Waals surface area (Å²) in [6, 6.07) is 3.42. The predicted molar refractivity (Wildman–Crippen MR) is 58.8 cm³/mol. The van der Waals surface area contributed by atoms with Crippen LogP contribution >= 0.6 is 0 Å². The topological polar surface area (TPSA) is 57.4 Å². The maximum atomic E-state index is 5.95. The fraction of sp³-hybridized carbons (Fsp3) is 0.545. The molecule has 1 aromatic heterocycles. The average Bonchev–Trinajstić information content (AvgIpc) is 2.25. The summed E-state index contributed by atoms with van der Waals surface area (Å²) in [6.07, 6.45) is 1.87. The van der Waals surface area contributed by atoms with Crippen LogP contribution < -0.4 is 10.5 Å². The number of pyridine rings is 1. The zero-order chi connectivity index (χ0) is 11.3. The summed E-state index contributed by atoms with van der Waals surface area (Å²) in [4.78, 5) is 4.20. The number of rotatable bonds is 5. The molecule has 1 atom stereocenters. The molecule has 4 heteroatoms. The van der Waals surface area contributed by atoms with E-state index in [0.29, 0.717) is 12.4 Å². The molecule has 0 radical (unpaired) electrons. The standard InChI is InChI=1S/C11H18N2O2/c1-8(2)15-7-9(12)11-10(14-3)5-4-6-13-11/h4-6,8-9H,7,12H2,1-3H3. The summed E-state index contributed by atoms with van der Waals surface area (Å²) in [5.41, 5.74) is 6.69. The molecule has 0 aliphatic heterocycles. The lowest BCUT2D eigenvalue weighted by atomic mass is 10.2. The van der Waals surface area contributed by atoms with Crippen molar-refractivity contribution >= 4 is 0 Å². The van der Waals surface area contributed by atoms with Gasteiger partial charge >= 0.3 is 0 Å². The number of hydrogen-bond donors (Lipinski definition) is 1. The Kier molecular flexibility index (Phi) is 4.52. The zero-order valence-corrected chi connectivity index (χ0v) is 9.43. The van der Waals surface area contributed by atoms with Crippen molar-refractivity contribution in [1.29, 1.82) is 0 Å². The van der Waals surface area contributed by atoms with E-state index in [1.165, 1.54) is 0 Å². The molecular weight excluding hydrogens is 192 g/mol. The highest BCUT2D eigenvalue weighted by Crippen LogP contribution is 2.20. The van der Waals surface area contributed by atoms with E-state index in [9.17, 15) is 0 Å². The molecule has 0 bridgehead atoms. The lowest BCUT2D eigenvalue weighted by molar-refractivity contribution is 0.0671. The second-order valence-electron chi connectivity index (χ2n) is 3.58. The third-order valence-corrected chi connectivity index (χ3v) is 1.98. The molecule has 1 heterocycles. The highest BCUT2D eigenvalue weighted by atomic mass is 16.5. The van der Waals surface area contributed by atoms with Gasteiger partial charge in [0.2, 0.25) is 0 Å². The van der Waals surface area contributed by atoms with E-state index in [2.05, 4.69) is 4.98 Å². The Balaban J connectivity index is 2.68. The van der Waals surface area contributed by atoms with Gasteiger partial charge in [0.1, 0.15) is 11.4 Å². The van der Waals surface area contributed by atoms with Gasteiger partial charge in [0.05, 0.1) is 25.9 Å². The van der Waals surface area contributed by atoms with E-state index < -0.39 is 0 Å². The minimum absolute atomic E-state index is 0.172. The van der Waals surface area contributed by atoms with Gasteiger partial charge in [-0.15, -0.1) is 0 Å². The maximum absolute atomic E-state index is 5.95. The molecule has 0 spiro atoms. The monoisotopic (exact) mass is 210 g/mol. The summed E-state index contributed by atoms with van der Waals surface area (Å²) in [7, 11) is 1.61. The molecule has 0 aliphatic rings. The van der Waals surface area contributed by atoms with Crippen molar-refractivity contribution in [2.75, 3.05) is 13.7 Å². The van der Waals surface area contributed by atoms with Gasteiger partial charge in [-0.25, -0.2) is 0 Å². The Morgan fingerprint density at radius 2 is 2.20 bits per heavy atom. The molecule has 1 rings (SSSR count). The van der Waals surface area contributed by atoms with Crippen molar-refractivity contribution in [2.24, 2.45) is 5.73 Å². The van der Waals surface area contributed by atoms with Crippen LogP contribution in [0.1, 0.15) is 25.6 Å². The number of nitrogens with zero attached hydrogens (tertiary/aromatic N) is 1. The molecule has 1 unspecified atom stereocenters. The lowest BCUT2D eigenvalue weighted by Crippen LogP contribution is -2.21. The van der Waals surface area contributed by atoms with Crippen molar-refractivity contribution in [3.05, 3.63) is 24.0 Å². The molecule has 1 aromatic rings. The molecule has 0 fully saturated rings. The van der Waals surface area contributed by atoms with Gasteiger partial charge in [0.15, 0.2) is 0 Å². The van der Waals surface area contributed by atoms with Crippen molar-refractivity contribution in [3.8, 4) is 5.75 Å². The SMILES string of the molecule is COc1cccnc1C(N)COC(C)C. The van der Waals surface area contributed by atoms with Crippen molar-refractivity contribution < 1.29 is 9.47 Å². The predicted octanol–water partition coefficient (Wildman–Crippen LogP) is 1.51. The van der Waals surface area contributed by atoms with Crippen molar-refractivity contribution in [2.45, 2.75) is 26.0 Å². The van der Waals surface area contributed by atoms with Gasteiger partial charge in [-0.2, -0.15) is 0 Å². The second kappa shape index (κ2) is 5.68. The van der Waals surface area contributed by atoms with E-state index in [1.807, 2.05) is 26.0 Å². The van der Waals surface area contributed by atoms with Crippen LogP contribution in [0.4, 0.5) is 0 Å². The average molecular weight is 210 g/mol. The second-order valence-corrected chi connectivity index (χ2v) is 3.58. The van der Waals surface area contributed by atoms with E-state index in [1.54, 1.807) is 13.3 Å². The first-order valence-corrected chi connectivity index (χ1v) is 5.01. The van der Waals surface area contributed by atoms with Gasteiger partial charge in [-0.1, -0.05) is 0 Å². The Morgan fingerprint density at radius 1 is 1.47 bits per heavy atom. The van der Waals surface area contributed by atoms with Crippen LogP contribution in [0.5, 0.6) is 5.75 Å². The van der Waals surface area contributed by atoms with Crippen LogP contribution in [0, 0.1) is 0 Å². The minimum Gasteiger partial charge on any atom is -0.495 e. The number of hydrogen-bond acceptors (Lipinski definition) is 4. The minimum atomic E-state index is -0.247. The Morgan fingerprint density at radius 3 is 2.80 bits per heavy atom. The molecule has 0 aromatic carbocycles. The molecule has 15 heavy (non-hydrogen) atoms. The number of methoxy groups -OCH3 is 1. The van der Waals surface area contributed by atoms with Crippen LogP contribution in [0.25, 0.3) is 0 Å². The summed E-state index contributed by atoms with van der Waals surface area (Å²) in [5.74, 6) is 0.706. The third kappa shape index (κ3) is 3.49. The Bertz CT molecular complexity index is 302. The fourth-order valence-corrected chi connectivity index (χ4v) is 1.23. The van der Waals surface area contributed by atoms with Crippen LogP contribution in [0.3, 0.4) is 0 Å². The van der Waals surface area contributed by atoms with Gasteiger partial charge in [-0.3, -0.25) is 4.98 Å². The Hall–Kier alpha value is -1.13. The summed E-state index contributed by atoms with van der Waals surface area (Å²) in [5, 5.41) is 0. The first-order valence-electron chi connectivity index (χ1n) is 5.01. The molecule has 4 nitrogen and oxygen atoms in total. The van der Waals surface area contributed by atoms with E-state index in [-0.39, 0.29) is 12.1 Å². The highest BCUT2D eigenvalue weighted by Gasteiger charge is 2.13. The van der Waals surface area contributed by atoms with Crippen LogP contribution in [-0.2, 0) is 4.74 Å². The molecular formula is C11H18N2O2. The summed E-state index contributed by atoms with van der Waals surface area (Å²) >= 11 is 0. The van der Waals surface area contributed by atoms with Crippen LogP contribution in [0.15, 0.2) is 18.3 Å². The summed E-state index contributed by atoms with van der Waals surface area (Å²) < 4.78 is 10.6. The molecule has 84 valence electrons. The molecule has 0 aliphatic carbocycles. The van der Waals surface area contributed by atoms with Crippen LogP contribution in [-0.4, -0.2) is 24.8 Å². The summed E-state index contributed by atoms with van der Waals surface area (Å²) in [6.45, 7) is 4.40. The quantitative estimate of drug-likeness (QED) is 0.800. The van der Waals surface area contributed by atoms with E-state index in [4.69, 9.17) is 15.2 Å². The number of aromatic nitrogens is 1. The normalized spacial score (nSPS) is 12.9. The molecule has 0 saturated carbocycles. The number of nitrogens with two attached hydrogens (primary N) is 1. The number of ether oxygens (including phenoxy) is 2. The van der Waals surface area contributed by atoms with Gasteiger partial charge in [-0.05, 0) is 26.0 Å². The van der Waals surface area contributed by atoms with Gasteiger partial charge in [0.25, 0.3) is 0 Å². The lowest BCUT2D eigenvalue weighted by Gasteiger charge is -2.15. The first kappa shape index (κ1) is 11.9. The smallest absolute Gasteiger partial charge is 0.142 e. The zero-order valence-electron chi connectivity index (χ0n) is 9.43. The molecule has 2 N–H and O–H groups in total. The fourth-order valence-electron chi connectivity index (χ4n) is 1.23. The largest absolute Gasteiger partial charge is 0.495 e. The Labute approximate surface area is 90.4 Å². The van der Waals surface area contributed by atoms with Crippen LogP contribution in [0.2, 0.25) is 0 Å². The maximum Gasteiger partial charge on any atom is 0.142 e. The van der Waals surface area contributed by atoms with Crippen molar-refractivity contribution in [1.82, 2.24) is 4.98 Å². The molecule has 0 amide bonds. The van der Waals surface area contributed by atoms with Crippen molar-refractivity contribution in [3.63, 3.8) is 0 Å². The third-order valence-electron chi connectivity index (χ3n) is 1.98. The molecule has 0 saturated heterocycles. The van der Waals surface area contributed by atoms with Gasteiger partial charge in [0, 0.05) is 6.20 Å². The van der Waals surface area contributed by atoms with E-state index in [0.717, 1.165) is 5.69 Å². The van der Waals surface area contributed by atoms with E-state index >= 15 is 0 Å². The highest BCUT2D eigenvalue weighted by molar-refractivity contribution is 5.29. The first-order chi connectivity index (χ1) is 7.15. The van der Waals surface area contributed by atoms with Gasteiger partial charge < -0.3 is 15.2 Å².